The summed E-state index contributed by atoms with van der Waals surface area (Å²) >= 11 is 5.38. The summed E-state index contributed by atoms with van der Waals surface area (Å²) in [4.78, 5) is 19.1. The monoisotopic (exact) mass is 210 g/mol. The molecular formula is C8H15ClO4. The molecule has 0 aromatic rings. The lowest BCUT2D eigenvalue weighted by Gasteiger charge is -1.85. The minimum absolute atomic E-state index is 0.827. The number of rotatable bonds is 3. The molecule has 0 heterocycles. The minimum Gasteiger partial charge on any atom is -0.473 e. The maximum absolute atomic E-state index is 9.69. The van der Waals surface area contributed by atoms with Gasteiger partial charge in [0.25, 0.3) is 0 Å². The summed E-state index contributed by atoms with van der Waals surface area (Å²) in [6.45, 7) is 2.17. The molecule has 1 N–H and O–H groups in total. The fourth-order valence-electron chi connectivity index (χ4n) is 0.432. The predicted octanol–water partition coefficient (Wildman–Crippen LogP) is 1.66. The van der Waals surface area contributed by atoms with Gasteiger partial charge in [-0.05, 0) is 6.42 Å². The molecule has 78 valence electrons. The maximum atomic E-state index is 9.69. The van der Waals surface area contributed by atoms with Crippen molar-refractivity contribution in [3.63, 3.8) is 0 Å². The Balaban J connectivity index is 0. The molecule has 0 aliphatic carbocycles. The van der Waals surface area contributed by atoms with Gasteiger partial charge in [-0.15, -0.1) is 11.6 Å². The predicted molar refractivity (Wildman–Crippen MR) is 49.9 cm³/mol. The van der Waals surface area contributed by atoms with E-state index in [1.54, 1.807) is 0 Å². The first kappa shape index (κ1) is 14.7. The van der Waals surface area contributed by atoms with Crippen LogP contribution < -0.4 is 0 Å². The second kappa shape index (κ2) is 11.2. The number of carboxylic acids is 1. The lowest BCUT2D eigenvalue weighted by Crippen LogP contribution is -2.13. The van der Waals surface area contributed by atoms with E-state index < -0.39 is 11.9 Å². The van der Waals surface area contributed by atoms with Crippen LogP contribution in [0.1, 0.15) is 26.2 Å². The molecule has 0 radical (unpaired) electrons. The molecule has 0 atom stereocenters. The number of alkyl halides is 1. The van der Waals surface area contributed by atoms with Crippen molar-refractivity contribution in [2.24, 2.45) is 0 Å². The smallest absolute Gasteiger partial charge is 0.417 e. The van der Waals surface area contributed by atoms with E-state index in [2.05, 4.69) is 11.7 Å². The van der Waals surface area contributed by atoms with Crippen molar-refractivity contribution in [3.05, 3.63) is 0 Å². The summed E-state index contributed by atoms with van der Waals surface area (Å²) in [5.74, 6) is -1.98. The van der Waals surface area contributed by atoms with Crippen molar-refractivity contribution in [2.45, 2.75) is 26.2 Å². The maximum Gasteiger partial charge on any atom is 0.417 e. The summed E-state index contributed by atoms with van der Waals surface area (Å²) in [5, 5.41) is 7.71. The molecule has 0 saturated heterocycles. The third-order valence-electron chi connectivity index (χ3n) is 1.10. The van der Waals surface area contributed by atoms with Gasteiger partial charge in [0.1, 0.15) is 0 Å². The highest BCUT2D eigenvalue weighted by Gasteiger charge is 2.08. The van der Waals surface area contributed by atoms with Gasteiger partial charge in [-0.3, -0.25) is 0 Å². The number of carbonyl (C=O) groups is 2. The van der Waals surface area contributed by atoms with Crippen LogP contribution in [-0.2, 0) is 14.3 Å². The topological polar surface area (TPSA) is 63.6 Å². The zero-order chi connectivity index (χ0) is 10.7. The number of methoxy groups -OCH3 is 1. The van der Waals surface area contributed by atoms with Crippen LogP contribution in [-0.4, -0.2) is 30.0 Å². The van der Waals surface area contributed by atoms with E-state index >= 15 is 0 Å². The molecule has 0 unspecified atom stereocenters. The van der Waals surface area contributed by atoms with E-state index in [9.17, 15) is 9.59 Å². The van der Waals surface area contributed by atoms with Crippen LogP contribution in [0.25, 0.3) is 0 Å². The van der Waals surface area contributed by atoms with Gasteiger partial charge in [-0.25, -0.2) is 9.59 Å². The van der Waals surface area contributed by atoms with E-state index in [1.807, 2.05) is 0 Å². The molecule has 0 rings (SSSR count). The fraction of sp³-hybridized carbons (Fsp3) is 0.750. The molecule has 0 amide bonds. The normalized spacial score (nSPS) is 8.23. The molecule has 0 aliphatic rings. The van der Waals surface area contributed by atoms with Crippen LogP contribution in [0.4, 0.5) is 0 Å². The molecule has 0 aromatic heterocycles. The molecule has 0 spiro atoms. The molecule has 0 fully saturated rings. The van der Waals surface area contributed by atoms with E-state index in [4.69, 9.17) is 16.7 Å². The van der Waals surface area contributed by atoms with Crippen molar-refractivity contribution >= 4 is 23.5 Å². The SMILES string of the molecule is CCCCCCl.COC(=O)C(=O)O. The van der Waals surface area contributed by atoms with Crippen LogP contribution in [0.3, 0.4) is 0 Å². The van der Waals surface area contributed by atoms with E-state index in [0.29, 0.717) is 0 Å². The Morgan fingerprint density at radius 3 is 2.00 bits per heavy atom. The van der Waals surface area contributed by atoms with E-state index in [1.165, 1.54) is 19.3 Å². The third kappa shape index (κ3) is 14.1. The zero-order valence-electron chi connectivity index (χ0n) is 7.88. The quantitative estimate of drug-likeness (QED) is 0.333. The van der Waals surface area contributed by atoms with Gasteiger partial charge in [0.15, 0.2) is 0 Å². The largest absolute Gasteiger partial charge is 0.473 e. The van der Waals surface area contributed by atoms with Crippen LogP contribution in [0.2, 0.25) is 0 Å². The summed E-state index contributed by atoms with van der Waals surface area (Å²) in [7, 11) is 1.01. The Bertz CT molecular complexity index is 143. The molecule has 0 aromatic carbocycles. The average Bonchev–Trinajstić information content (AvgIpc) is 2.14. The Morgan fingerprint density at radius 2 is 1.92 bits per heavy atom. The number of carbonyl (C=O) groups excluding carboxylic acids is 1. The van der Waals surface area contributed by atoms with Crippen LogP contribution >= 0.6 is 11.6 Å². The Morgan fingerprint density at radius 1 is 1.38 bits per heavy atom. The third-order valence-corrected chi connectivity index (χ3v) is 1.36. The van der Waals surface area contributed by atoms with Crippen molar-refractivity contribution in [3.8, 4) is 0 Å². The number of ether oxygens (including phenoxy) is 1. The number of unbranched alkanes of at least 4 members (excludes halogenated alkanes) is 2. The Labute approximate surface area is 82.8 Å². The highest BCUT2D eigenvalue weighted by atomic mass is 35.5. The summed E-state index contributed by atoms with van der Waals surface area (Å²) < 4.78 is 3.77. The summed E-state index contributed by atoms with van der Waals surface area (Å²) in [6, 6.07) is 0. The van der Waals surface area contributed by atoms with Gasteiger partial charge in [0, 0.05) is 5.88 Å². The highest BCUT2D eigenvalue weighted by molar-refractivity contribution is 6.28. The van der Waals surface area contributed by atoms with Gasteiger partial charge < -0.3 is 9.84 Å². The second-order valence-corrected chi connectivity index (χ2v) is 2.57. The molecule has 4 nitrogen and oxygen atoms in total. The van der Waals surface area contributed by atoms with Crippen LogP contribution in [0.5, 0.6) is 0 Å². The van der Waals surface area contributed by atoms with E-state index in [-0.39, 0.29) is 0 Å². The molecule has 13 heavy (non-hydrogen) atoms. The van der Waals surface area contributed by atoms with Crippen molar-refractivity contribution in [1.29, 1.82) is 0 Å². The number of carboxylic acid groups (broad SMARTS) is 1. The summed E-state index contributed by atoms with van der Waals surface area (Å²) in [5.41, 5.74) is 0. The van der Waals surface area contributed by atoms with Crippen LogP contribution in [0.15, 0.2) is 0 Å². The van der Waals surface area contributed by atoms with Gasteiger partial charge in [-0.1, -0.05) is 19.8 Å². The lowest BCUT2D eigenvalue weighted by atomic mass is 10.3. The van der Waals surface area contributed by atoms with Crippen molar-refractivity contribution < 1.29 is 19.4 Å². The number of esters is 1. The molecule has 5 heteroatoms. The zero-order valence-corrected chi connectivity index (χ0v) is 8.63. The first-order valence-corrected chi connectivity index (χ1v) is 4.50. The number of halogens is 1. The van der Waals surface area contributed by atoms with E-state index in [0.717, 1.165) is 13.0 Å². The molecule has 0 aliphatic heterocycles. The Hall–Kier alpha value is -0.770. The van der Waals surface area contributed by atoms with Crippen molar-refractivity contribution in [1.82, 2.24) is 0 Å². The minimum atomic E-state index is -1.57. The van der Waals surface area contributed by atoms with Crippen LogP contribution in [0, 0.1) is 0 Å². The molecular weight excluding hydrogens is 196 g/mol. The number of hydrogen-bond acceptors (Lipinski definition) is 3. The first-order valence-electron chi connectivity index (χ1n) is 3.97. The Kier molecular flexibility index (Phi) is 12.7. The van der Waals surface area contributed by atoms with Gasteiger partial charge in [0.05, 0.1) is 7.11 Å². The number of aliphatic carboxylic acids is 1. The van der Waals surface area contributed by atoms with Gasteiger partial charge >= 0.3 is 11.9 Å². The standard InChI is InChI=1S/C5H11Cl.C3H4O4/c1-2-3-4-5-6;1-7-3(6)2(4)5/h2-5H2,1H3;1H3,(H,4,5). The fourth-order valence-corrected chi connectivity index (χ4v) is 0.621. The first-order chi connectivity index (χ1) is 6.09. The molecule has 0 saturated carbocycles. The second-order valence-electron chi connectivity index (χ2n) is 2.19. The molecule has 0 bridgehead atoms. The summed E-state index contributed by atoms with van der Waals surface area (Å²) in [6.07, 6.45) is 3.73. The lowest BCUT2D eigenvalue weighted by molar-refractivity contribution is -0.161. The van der Waals surface area contributed by atoms with Crippen molar-refractivity contribution in [2.75, 3.05) is 13.0 Å². The van der Waals surface area contributed by atoms with Gasteiger partial charge in [0.2, 0.25) is 0 Å². The highest BCUT2D eigenvalue weighted by Crippen LogP contribution is 1.93. The average molecular weight is 211 g/mol. The van der Waals surface area contributed by atoms with Gasteiger partial charge in [-0.2, -0.15) is 0 Å². The number of hydrogen-bond donors (Lipinski definition) is 1.